The summed E-state index contributed by atoms with van der Waals surface area (Å²) in [5.74, 6) is 6.87. The lowest BCUT2D eigenvalue weighted by Crippen LogP contribution is -2.54. The molecule has 0 heterocycles. The van der Waals surface area contributed by atoms with E-state index in [4.69, 9.17) is 0 Å². The minimum Gasteiger partial charge on any atom is -0.481 e. The van der Waals surface area contributed by atoms with Crippen molar-refractivity contribution in [3.05, 3.63) is 0 Å². The second-order valence-corrected chi connectivity index (χ2v) is 24.8. The van der Waals surface area contributed by atoms with Gasteiger partial charge in [-0.25, -0.2) is 0 Å². The zero-order valence-electron chi connectivity index (χ0n) is 41.0. The largest absolute Gasteiger partial charge is 0.481 e. The molecule has 18 atom stereocenters. The minimum atomic E-state index is -0.548. The smallest absolute Gasteiger partial charge is 0.306 e. The van der Waals surface area contributed by atoms with Crippen LogP contribution in [0.25, 0.3) is 0 Å². The lowest BCUT2D eigenvalue weighted by Gasteiger charge is -2.61. The second kappa shape index (κ2) is 19.2. The van der Waals surface area contributed by atoms with Gasteiger partial charge in [-0.3, -0.25) is 19.2 Å². The number of hydrogen-bond donors (Lipinski definition) is 2. The van der Waals surface area contributed by atoms with E-state index in [1.165, 1.54) is 77.0 Å². The molecule has 0 aromatic carbocycles. The first-order valence-corrected chi connectivity index (χ1v) is 26.9. The molecule has 8 fully saturated rings. The summed E-state index contributed by atoms with van der Waals surface area (Å²) < 4.78 is 0. The molecule has 0 aromatic rings. The van der Waals surface area contributed by atoms with Gasteiger partial charge in [-0.1, -0.05) is 80.1 Å². The van der Waals surface area contributed by atoms with Gasteiger partial charge in [0.1, 0.15) is 11.6 Å². The predicted molar refractivity (Wildman–Crippen MR) is 249 cm³/mol. The zero-order chi connectivity index (χ0) is 44.8. The number of carbonyl (C=O) groups excluding carboxylic acids is 2. The molecule has 8 aliphatic carbocycles. The second-order valence-electron chi connectivity index (χ2n) is 24.8. The monoisotopic (exact) mass is 861 g/mol. The Hall–Kier alpha value is -1.72. The van der Waals surface area contributed by atoms with Crippen LogP contribution in [0.5, 0.6) is 0 Å². The molecule has 2 unspecified atom stereocenters. The van der Waals surface area contributed by atoms with Gasteiger partial charge in [0.05, 0.1) is 11.8 Å². The van der Waals surface area contributed by atoms with E-state index in [1.807, 2.05) is 13.8 Å². The Kier molecular flexibility index (Phi) is 15.0. The Labute approximate surface area is 378 Å². The van der Waals surface area contributed by atoms with Crippen molar-refractivity contribution in [3.8, 4) is 0 Å². The average molecular weight is 861 g/mol. The van der Waals surface area contributed by atoms with Gasteiger partial charge in [0, 0.05) is 11.8 Å². The summed E-state index contributed by atoms with van der Waals surface area (Å²) in [6.45, 7) is 18.0. The summed E-state index contributed by atoms with van der Waals surface area (Å²) in [5.41, 5.74) is 1.26. The molecule has 0 radical (unpaired) electrons. The number of Topliss-reactive ketones (excluding diaryl/α,β-unsaturated/α-hetero) is 2. The standard InChI is InChI=1S/2C28H46O3/c2*1-5-6-7-8-21(26(30)31)19-13-15-27(3)20(17-19)9-10-22-24-12-11-23(18(2)29)28(24,4)16-14-25(22)27/h2*19-25H,5-17H2,1-4H3,(H,30,31)/t2*19-,20+,21?,22+,23-,24+,25+,27+,28-/m11/s1. The van der Waals surface area contributed by atoms with Crippen molar-refractivity contribution in [3.63, 3.8) is 0 Å². The van der Waals surface area contributed by atoms with E-state index in [-0.39, 0.29) is 22.7 Å². The van der Waals surface area contributed by atoms with Gasteiger partial charge >= 0.3 is 11.9 Å². The molecule has 8 saturated carbocycles. The summed E-state index contributed by atoms with van der Waals surface area (Å²) in [4.78, 5) is 48.9. The number of carboxylic acids is 2. The molecule has 0 aromatic heterocycles. The summed E-state index contributed by atoms with van der Waals surface area (Å²) in [7, 11) is 0. The zero-order valence-corrected chi connectivity index (χ0v) is 41.0. The molecule has 0 amide bonds. The van der Waals surface area contributed by atoms with Gasteiger partial charge < -0.3 is 10.2 Å². The number of hydrogen-bond acceptors (Lipinski definition) is 4. The van der Waals surface area contributed by atoms with Crippen LogP contribution in [0.15, 0.2) is 0 Å². The van der Waals surface area contributed by atoms with E-state index in [0.717, 1.165) is 125 Å². The highest BCUT2D eigenvalue weighted by atomic mass is 16.4. The predicted octanol–water partition coefficient (Wildman–Crippen LogP) is 14.3. The van der Waals surface area contributed by atoms with Crippen molar-refractivity contribution >= 4 is 23.5 Å². The molecule has 0 bridgehead atoms. The summed E-state index contributed by atoms with van der Waals surface area (Å²) >= 11 is 0. The SMILES string of the molecule is CCCCCC(C(=O)O)[C@@H]1CC[C@@]2(C)[C@@H](CC[C@@H]3[C@@H]2CC[C@]2(C)[C@@H](C(C)=O)CC[C@@H]32)C1.CCCCCC(C(=O)O)[C@@H]1CC[C@@]2(C)[C@@H](CC[C@@H]3[C@@H]2CC[C@]2(C)[C@@H](C(C)=O)CC[C@@H]32)C1. The molecule has 6 nitrogen and oxygen atoms in total. The maximum absolute atomic E-state index is 12.4. The normalized spacial score (nSPS) is 45.3. The van der Waals surface area contributed by atoms with Crippen LogP contribution in [0.1, 0.15) is 222 Å². The molecule has 8 aliphatic rings. The van der Waals surface area contributed by atoms with Crippen LogP contribution in [0, 0.1) is 105 Å². The van der Waals surface area contributed by atoms with Gasteiger partial charge in [0.2, 0.25) is 0 Å². The average Bonchev–Trinajstić information content (AvgIpc) is 3.78. The number of carboxylic acid groups (broad SMARTS) is 2. The van der Waals surface area contributed by atoms with Gasteiger partial charge in [-0.2, -0.15) is 0 Å². The van der Waals surface area contributed by atoms with Gasteiger partial charge in [0.25, 0.3) is 0 Å². The van der Waals surface area contributed by atoms with E-state index >= 15 is 0 Å². The molecule has 6 heteroatoms. The molecule has 0 aliphatic heterocycles. The lowest BCUT2D eigenvalue weighted by atomic mass is 9.43. The van der Waals surface area contributed by atoms with Crippen molar-refractivity contribution in [1.82, 2.24) is 0 Å². The lowest BCUT2D eigenvalue weighted by molar-refractivity contribution is -0.151. The van der Waals surface area contributed by atoms with E-state index in [1.54, 1.807) is 0 Å². The summed E-state index contributed by atoms with van der Waals surface area (Å²) in [6, 6.07) is 0. The number of fused-ring (bicyclic) bond motifs is 10. The molecule has 2 N–H and O–H groups in total. The van der Waals surface area contributed by atoms with E-state index in [2.05, 4.69) is 41.5 Å². The Morgan fingerprint density at radius 1 is 0.468 bits per heavy atom. The van der Waals surface area contributed by atoms with Crippen molar-refractivity contribution in [2.45, 2.75) is 222 Å². The van der Waals surface area contributed by atoms with Gasteiger partial charge in [0.15, 0.2) is 0 Å². The first-order valence-electron chi connectivity index (χ1n) is 26.9. The molecular weight excluding hydrogens is 769 g/mol. The number of rotatable bonds is 14. The third-order valence-electron chi connectivity index (χ3n) is 22.4. The maximum Gasteiger partial charge on any atom is 0.306 e. The Bertz CT molecular complexity index is 1490. The highest BCUT2D eigenvalue weighted by Gasteiger charge is 2.63. The quantitative estimate of drug-likeness (QED) is 0.168. The maximum atomic E-state index is 12.4. The third-order valence-corrected chi connectivity index (χ3v) is 22.4. The summed E-state index contributed by atoms with van der Waals surface area (Å²) in [6.07, 6.45) is 30.4. The third kappa shape index (κ3) is 8.70. The molecule has 8 rings (SSSR count). The van der Waals surface area contributed by atoms with Crippen LogP contribution >= 0.6 is 0 Å². The molecular formula is C56H92O6. The van der Waals surface area contributed by atoms with Crippen LogP contribution in [-0.2, 0) is 19.2 Å². The Morgan fingerprint density at radius 2 is 0.823 bits per heavy atom. The number of ketones is 2. The molecule has 0 spiro atoms. The first kappa shape index (κ1) is 48.2. The highest BCUT2D eigenvalue weighted by molar-refractivity contribution is 5.80. The van der Waals surface area contributed by atoms with Gasteiger partial charge in [-0.15, -0.1) is 0 Å². The topological polar surface area (TPSA) is 109 Å². The fraction of sp³-hybridized carbons (Fsp3) is 0.929. The van der Waals surface area contributed by atoms with Crippen LogP contribution in [0.4, 0.5) is 0 Å². The van der Waals surface area contributed by atoms with Gasteiger partial charge in [-0.05, 0) is 223 Å². The fourth-order valence-electron chi connectivity index (χ4n) is 19.0. The molecule has 62 heavy (non-hydrogen) atoms. The molecule has 352 valence electrons. The van der Waals surface area contributed by atoms with E-state index < -0.39 is 11.9 Å². The van der Waals surface area contributed by atoms with Crippen LogP contribution in [0.2, 0.25) is 0 Å². The Morgan fingerprint density at radius 3 is 1.16 bits per heavy atom. The minimum absolute atomic E-state index is 0.130. The Balaban J connectivity index is 0.000000186. The fourth-order valence-corrected chi connectivity index (χ4v) is 19.0. The van der Waals surface area contributed by atoms with Crippen LogP contribution in [0.3, 0.4) is 0 Å². The highest BCUT2D eigenvalue weighted by Crippen LogP contribution is 2.70. The number of unbranched alkanes of at least 4 members (excludes halogenated alkanes) is 4. The van der Waals surface area contributed by atoms with Crippen molar-refractivity contribution in [1.29, 1.82) is 0 Å². The molecule has 0 saturated heterocycles. The van der Waals surface area contributed by atoms with Crippen LogP contribution in [-0.4, -0.2) is 33.7 Å². The number of aliphatic carboxylic acids is 2. The van der Waals surface area contributed by atoms with Crippen molar-refractivity contribution in [2.24, 2.45) is 105 Å². The van der Waals surface area contributed by atoms with Crippen molar-refractivity contribution in [2.75, 3.05) is 0 Å². The number of carbonyl (C=O) groups is 4. The van der Waals surface area contributed by atoms with Crippen LogP contribution < -0.4 is 0 Å². The van der Waals surface area contributed by atoms with E-state index in [0.29, 0.717) is 57.9 Å². The summed E-state index contributed by atoms with van der Waals surface area (Å²) in [5, 5.41) is 19.9. The van der Waals surface area contributed by atoms with Crippen molar-refractivity contribution < 1.29 is 29.4 Å². The first-order chi connectivity index (χ1) is 29.4. The van der Waals surface area contributed by atoms with E-state index in [9.17, 15) is 29.4 Å².